The van der Waals surface area contributed by atoms with Gasteiger partial charge in [-0.25, -0.2) is 13.1 Å². The molecule has 1 amide bonds. The van der Waals surface area contributed by atoms with Crippen molar-refractivity contribution in [1.29, 1.82) is 0 Å². The average Bonchev–Trinajstić information content (AvgIpc) is 2.62. The minimum Gasteiger partial charge on any atom is -0.492 e. The summed E-state index contributed by atoms with van der Waals surface area (Å²) < 4.78 is 70.6. The van der Waals surface area contributed by atoms with Crippen LogP contribution >= 0.6 is 11.6 Å². The third kappa shape index (κ3) is 6.34. The first-order valence-electron chi connectivity index (χ1n) is 8.42. The highest BCUT2D eigenvalue weighted by Gasteiger charge is 2.34. The first-order chi connectivity index (χ1) is 13.5. The first-order valence-corrected chi connectivity index (χ1v) is 10.3. The molecule has 6 nitrogen and oxygen atoms in total. The maximum atomic E-state index is 12.9. The summed E-state index contributed by atoms with van der Waals surface area (Å²) >= 11 is 5.49. The molecule has 2 aromatic carbocycles. The fourth-order valence-electron chi connectivity index (χ4n) is 2.34. The van der Waals surface area contributed by atoms with E-state index in [-0.39, 0.29) is 13.0 Å². The standard InChI is InChI=1S/C18H18ClF3N2O4S/c1-2-28-16-6-4-3-5-15(16)24-17(25)9-10-23-29(26,27)12-7-8-14(19)13(11-12)18(20,21)22/h3-8,11,23H,2,9-10H2,1H3,(H,24,25). The van der Waals surface area contributed by atoms with Gasteiger partial charge in [0, 0.05) is 13.0 Å². The van der Waals surface area contributed by atoms with Gasteiger partial charge in [0.1, 0.15) is 5.75 Å². The van der Waals surface area contributed by atoms with E-state index in [2.05, 4.69) is 10.0 Å². The number of para-hydroxylation sites is 2. The van der Waals surface area contributed by atoms with Crippen LogP contribution in [0.5, 0.6) is 5.75 Å². The maximum Gasteiger partial charge on any atom is 0.417 e. The SMILES string of the molecule is CCOc1ccccc1NC(=O)CCNS(=O)(=O)c1ccc(Cl)c(C(F)(F)F)c1. The third-order valence-corrected chi connectivity index (χ3v) is 5.45. The van der Waals surface area contributed by atoms with Crippen LogP contribution < -0.4 is 14.8 Å². The number of ether oxygens (including phenoxy) is 1. The molecule has 0 saturated carbocycles. The van der Waals surface area contributed by atoms with Crippen LogP contribution in [0.3, 0.4) is 0 Å². The van der Waals surface area contributed by atoms with Crippen LogP contribution in [0.1, 0.15) is 18.9 Å². The van der Waals surface area contributed by atoms with Crippen LogP contribution in [-0.4, -0.2) is 27.5 Å². The van der Waals surface area contributed by atoms with Gasteiger partial charge in [0.05, 0.1) is 27.8 Å². The lowest BCUT2D eigenvalue weighted by Crippen LogP contribution is -2.28. The van der Waals surface area contributed by atoms with Crippen molar-refractivity contribution in [2.75, 3.05) is 18.5 Å². The molecule has 0 aromatic heterocycles. The molecule has 0 aliphatic rings. The molecule has 158 valence electrons. The molecule has 0 atom stereocenters. The highest BCUT2D eigenvalue weighted by atomic mass is 35.5. The Morgan fingerprint density at radius 3 is 2.52 bits per heavy atom. The number of sulfonamides is 1. The molecule has 11 heteroatoms. The number of carbonyl (C=O) groups excluding carboxylic acids is 1. The van der Waals surface area contributed by atoms with Gasteiger partial charge >= 0.3 is 6.18 Å². The van der Waals surface area contributed by atoms with E-state index in [0.717, 1.165) is 12.1 Å². The van der Waals surface area contributed by atoms with Crippen molar-refractivity contribution in [3.8, 4) is 5.75 Å². The smallest absolute Gasteiger partial charge is 0.417 e. The Labute approximate surface area is 171 Å². The first kappa shape index (κ1) is 23.0. The molecule has 0 radical (unpaired) electrons. The molecular formula is C18H18ClF3N2O4S. The number of hydrogen-bond acceptors (Lipinski definition) is 4. The predicted octanol–water partition coefficient (Wildman–Crippen LogP) is 4.06. The molecule has 29 heavy (non-hydrogen) atoms. The van der Waals surface area contributed by atoms with Gasteiger partial charge in [0.25, 0.3) is 0 Å². The summed E-state index contributed by atoms with van der Waals surface area (Å²) in [6, 6.07) is 8.98. The zero-order valence-electron chi connectivity index (χ0n) is 15.2. The summed E-state index contributed by atoms with van der Waals surface area (Å²) in [5.41, 5.74) is -0.831. The number of benzene rings is 2. The van der Waals surface area contributed by atoms with Crippen molar-refractivity contribution in [3.63, 3.8) is 0 Å². The summed E-state index contributed by atoms with van der Waals surface area (Å²) in [6.07, 6.45) is -5.03. The number of hydrogen-bond donors (Lipinski definition) is 2. The fourth-order valence-corrected chi connectivity index (χ4v) is 3.62. The van der Waals surface area contributed by atoms with Crippen molar-refractivity contribution in [1.82, 2.24) is 4.72 Å². The van der Waals surface area contributed by atoms with E-state index in [9.17, 15) is 26.4 Å². The Bertz CT molecular complexity index is 981. The molecule has 0 heterocycles. The number of alkyl halides is 3. The minimum atomic E-state index is -4.80. The Kier molecular flexibility index (Phi) is 7.50. The van der Waals surface area contributed by atoms with Crippen molar-refractivity contribution in [3.05, 3.63) is 53.1 Å². The monoisotopic (exact) mass is 450 g/mol. The largest absolute Gasteiger partial charge is 0.492 e. The molecular weight excluding hydrogens is 433 g/mol. The maximum absolute atomic E-state index is 12.9. The van der Waals surface area contributed by atoms with Gasteiger partial charge in [-0.15, -0.1) is 0 Å². The molecule has 2 rings (SSSR count). The lowest BCUT2D eigenvalue weighted by atomic mass is 10.2. The summed E-state index contributed by atoms with van der Waals surface area (Å²) in [7, 11) is -4.26. The van der Waals surface area contributed by atoms with Gasteiger partial charge < -0.3 is 10.1 Å². The average molecular weight is 451 g/mol. The van der Waals surface area contributed by atoms with Gasteiger partial charge in [-0.1, -0.05) is 23.7 Å². The lowest BCUT2D eigenvalue weighted by Gasteiger charge is -2.13. The minimum absolute atomic E-state index is 0.237. The van der Waals surface area contributed by atoms with Crippen LogP contribution in [0.25, 0.3) is 0 Å². The van der Waals surface area contributed by atoms with E-state index in [1.165, 1.54) is 0 Å². The van der Waals surface area contributed by atoms with Crippen LogP contribution in [-0.2, 0) is 21.0 Å². The Balaban J connectivity index is 2.00. The Hall–Kier alpha value is -2.30. The number of rotatable bonds is 8. The quantitative estimate of drug-likeness (QED) is 0.635. The van der Waals surface area contributed by atoms with E-state index >= 15 is 0 Å². The topological polar surface area (TPSA) is 84.5 Å². The van der Waals surface area contributed by atoms with Gasteiger partial charge in [-0.05, 0) is 37.3 Å². The zero-order chi connectivity index (χ0) is 21.7. The van der Waals surface area contributed by atoms with Gasteiger partial charge in [0.2, 0.25) is 15.9 Å². The van der Waals surface area contributed by atoms with E-state index < -0.39 is 37.6 Å². The number of halogens is 4. The summed E-state index contributed by atoms with van der Waals surface area (Å²) in [6.45, 7) is 1.87. The molecule has 0 saturated heterocycles. The highest BCUT2D eigenvalue weighted by Crippen LogP contribution is 2.35. The van der Waals surface area contributed by atoms with Crippen LogP contribution in [0.2, 0.25) is 5.02 Å². The van der Waals surface area contributed by atoms with E-state index in [0.29, 0.717) is 24.1 Å². The summed E-state index contributed by atoms with van der Waals surface area (Å²) in [4.78, 5) is 11.5. The molecule has 0 unspecified atom stereocenters. The van der Waals surface area contributed by atoms with Crippen molar-refractivity contribution >= 4 is 33.2 Å². The fraction of sp³-hybridized carbons (Fsp3) is 0.278. The highest BCUT2D eigenvalue weighted by molar-refractivity contribution is 7.89. The van der Waals surface area contributed by atoms with E-state index in [1.54, 1.807) is 31.2 Å². The second-order valence-electron chi connectivity index (χ2n) is 5.76. The predicted molar refractivity (Wildman–Crippen MR) is 103 cm³/mol. The normalized spacial score (nSPS) is 11.9. The molecule has 2 aromatic rings. The van der Waals surface area contributed by atoms with Crippen LogP contribution in [0.4, 0.5) is 18.9 Å². The number of amides is 1. The van der Waals surface area contributed by atoms with Crippen LogP contribution in [0, 0.1) is 0 Å². The Morgan fingerprint density at radius 1 is 1.17 bits per heavy atom. The van der Waals surface area contributed by atoms with Crippen LogP contribution in [0.15, 0.2) is 47.4 Å². The molecule has 0 bridgehead atoms. The van der Waals surface area contributed by atoms with Gasteiger partial charge in [0.15, 0.2) is 0 Å². The van der Waals surface area contributed by atoms with Gasteiger partial charge in [-0.2, -0.15) is 13.2 Å². The Morgan fingerprint density at radius 2 is 1.86 bits per heavy atom. The van der Waals surface area contributed by atoms with Crippen molar-refractivity contribution in [2.45, 2.75) is 24.4 Å². The number of anilines is 1. The molecule has 2 N–H and O–H groups in total. The van der Waals surface area contributed by atoms with Gasteiger partial charge in [-0.3, -0.25) is 4.79 Å². The van der Waals surface area contributed by atoms with Crippen molar-refractivity contribution < 1.29 is 31.1 Å². The molecule has 0 spiro atoms. The second-order valence-corrected chi connectivity index (χ2v) is 7.94. The van der Waals surface area contributed by atoms with E-state index in [1.807, 2.05) is 0 Å². The van der Waals surface area contributed by atoms with Crippen molar-refractivity contribution in [2.24, 2.45) is 0 Å². The number of carbonyl (C=O) groups is 1. The van der Waals surface area contributed by atoms with E-state index in [4.69, 9.17) is 16.3 Å². The molecule has 0 aliphatic heterocycles. The second kappa shape index (κ2) is 9.47. The summed E-state index contributed by atoms with van der Waals surface area (Å²) in [5.74, 6) is -0.0308. The third-order valence-electron chi connectivity index (χ3n) is 3.66. The number of nitrogens with one attached hydrogen (secondary N) is 2. The molecule has 0 fully saturated rings. The lowest BCUT2D eigenvalue weighted by molar-refractivity contribution is -0.137. The molecule has 0 aliphatic carbocycles. The summed E-state index contributed by atoms with van der Waals surface area (Å²) in [5, 5.41) is 1.99. The zero-order valence-corrected chi connectivity index (χ0v) is 16.8.